The molecule has 96 valence electrons. The molecule has 0 aliphatic rings. The van der Waals surface area contributed by atoms with Gasteiger partial charge in [0.1, 0.15) is 0 Å². The van der Waals surface area contributed by atoms with E-state index in [0.29, 0.717) is 0 Å². The zero-order valence-corrected chi connectivity index (χ0v) is 14.6. The molecule has 0 saturated carbocycles. The van der Waals surface area contributed by atoms with E-state index in [1.54, 1.807) is 0 Å². The van der Waals surface area contributed by atoms with E-state index >= 15 is 0 Å². The Kier molecular flexibility index (Phi) is 9.58. The van der Waals surface area contributed by atoms with Gasteiger partial charge in [-0.1, -0.05) is 0 Å². The molecule has 0 rings (SSSR count). The zero-order valence-electron chi connectivity index (χ0n) is 11.8. The average molecular weight is 333 g/mol. The Morgan fingerprint density at radius 2 is 1.50 bits per heavy atom. The Labute approximate surface area is 107 Å². The second-order valence-electron chi connectivity index (χ2n) is 4.70. The predicted octanol–water partition coefficient (Wildman–Crippen LogP) is 5.14. The Balaban J connectivity index is 4.57. The molecule has 0 unspecified atom stereocenters. The molecule has 0 bridgehead atoms. The molecule has 0 aliphatic carbocycles. The van der Waals surface area contributed by atoms with Crippen molar-refractivity contribution in [2.24, 2.45) is 0 Å². The predicted molar refractivity (Wildman–Crippen MR) is 76.4 cm³/mol. The summed E-state index contributed by atoms with van der Waals surface area (Å²) in [4.78, 5) is 0. The molecule has 0 spiro atoms. The van der Waals surface area contributed by atoms with Gasteiger partial charge in [-0.3, -0.25) is 0 Å². The summed E-state index contributed by atoms with van der Waals surface area (Å²) in [6, 6.07) is 0. The van der Waals surface area contributed by atoms with Gasteiger partial charge in [0.25, 0.3) is 0 Å². The molecular weight excluding hydrogens is 303 g/mol. The topological polar surface area (TPSA) is 9.23 Å². The number of unbranched alkanes of at least 4 members (excludes halogenated alkanes) is 2. The normalized spacial score (nSPS) is 11.5. The molecule has 0 aliphatic heterocycles. The Hall–Kier alpha value is 0.339. The van der Waals surface area contributed by atoms with Gasteiger partial charge in [-0.05, 0) is 0 Å². The molecule has 0 aromatic rings. The van der Waals surface area contributed by atoms with Gasteiger partial charge in [0.2, 0.25) is 0 Å². The van der Waals surface area contributed by atoms with Crippen molar-refractivity contribution in [1.82, 2.24) is 0 Å². The first-order valence-electron chi connectivity index (χ1n) is 6.99. The molecule has 2 heteroatoms. The number of hydrogen-bond donors (Lipinski definition) is 0. The average Bonchev–Trinajstić information content (AvgIpc) is 2.30. The standard InChI is InChI=1S/C4H7O.2C4H9.C2H5.Sn/c1-3-5-4-2;2*1-3-4-2;1-2;/h1,4H2,2H3;2*1,3-4H2,2H3;1H2,2H3;. The summed E-state index contributed by atoms with van der Waals surface area (Å²) in [7, 11) is 0. The fourth-order valence-corrected chi connectivity index (χ4v) is 14.9. The van der Waals surface area contributed by atoms with Crippen LogP contribution < -0.4 is 0 Å². The van der Waals surface area contributed by atoms with Crippen LogP contribution in [0.1, 0.15) is 53.4 Å². The van der Waals surface area contributed by atoms with E-state index in [-0.39, 0.29) is 0 Å². The van der Waals surface area contributed by atoms with Crippen molar-refractivity contribution >= 4 is 18.4 Å². The van der Waals surface area contributed by atoms with Gasteiger partial charge in [0, 0.05) is 0 Å². The van der Waals surface area contributed by atoms with Crippen LogP contribution in [0, 0.1) is 0 Å². The number of ether oxygens (including phenoxy) is 1. The summed E-state index contributed by atoms with van der Waals surface area (Å²) >= 11 is -2.17. The molecule has 0 amide bonds. The van der Waals surface area contributed by atoms with Crippen molar-refractivity contribution in [3.8, 4) is 0 Å². The van der Waals surface area contributed by atoms with E-state index in [0.717, 1.165) is 6.61 Å². The van der Waals surface area contributed by atoms with Crippen molar-refractivity contribution in [3.63, 3.8) is 0 Å². The van der Waals surface area contributed by atoms with Gasteiger partial charge in [-0.25, -0.2) is 0 Å². The third-order valence-corrected chi connectivity index (χ3v) is 18.7. The fraction of sp³-hybridized carbons (Fsp3) is 0.857. The van der Waals surface area contributed by atoms with Crippen LogP contribution in [-0.4, -0.2) is 25.0 Å². The van der Waals surface area contributed by atoms with Crippen LogP contribution in [0.15, 0.2) is 10.4 Å². The monoisotopic (exact) mass is 334 g/mol. The molecule has 0 fully saturated rings. The molecule has 0 N–H and O–H groups in total. The quantitative estimate of drug-likeness (QED) is 0.397. The van der Waals surface area contributed by atoms with E-state index in [2.05, 4.69) is 34.3 Å². The van der Waals surface area contributed by atoms with Crippen molar-refractivity contribution in [2.75, 3.05) is 6.61 Å². The number of rotatable bonds is 10. The molecule has 1 nitrogen and oxygen atoms in total. The summed E-state index contributed by atoms with van der Waals surface area (Å²) in [5.74, 6) is 0. The molecule has 0 radical (unpaired) electrons. The van der Waals surface area contributed by atoms with Gasteiger partial charge in [-0.15, -0.1) is 0 Å². The minimum atomic E-state index is -2.17. The summed E-state index contributed by atoms with van der Waals surface area (Å²) in [5, 5.41) is 0. The van der Waals surface area contributed by atoms with Crippen LogP contribution in [0.3, 0.4) is 0 Å². The van der Waals surface area contributed by atoms with E-state index in [1.165, 1.54) is 42.8 Å². The first-order chi connectivity index (χ1) is 7.66. The van der Waals surface area contributed by atoms with Crippen molar-refractivity contribution in [3.05, 3.63) is 10.4 Å². The van der Waals surface area contributed by atoms with Crippen LogP contribution >= 0.6 is 0 Å². The molecular formula is C14H30OSn. The van der Waals surface area contributed by atoms with E-state index in [9.17, 15) is 0 Å². The van der Waals surface area contributed by atoms with Crippen molar-refractivity contribution in [1.29, 1.82) is 0 Å². The Bertz CT molecular complexity index is 181. The fourth-order valence-electron chi connectivity index (χ4n) is 2.31. The second-order valence-corrected chi connectivity index (χ2v) is 18.5. The van der Waals surface area contributed by atoms with E-state index in [4.69, 9.17) is 4.74 Å². The first-order valence-corrected chi connectivity index (χ1v) is 14.5. The third kappa shape index (κ3) is 5.11. The molecule has 0 aromatic carbocycles. The summed E-state index contributed by atoms with van der Waals surface area (Å²) in [6.07, 6.45) is 5.37. The van der Waals surface area contributed by atoms with E-state index < -0.39 is 18.4 Å². The van der Waals surface area contributed by atoms with Crippen LogP contribution in [0.4, 0.5) is 0 Å². The SMILES string of the molecule is C=[C](OCC)[Sn]([CH2]C)([CH2]CCC)[CH2]CCC. The van der Waals surface area contributed by atoms with E-state index in [1.807, 2.05) is 0 Å². The Morgan fingerprint density at radius 1 is 1.00 bits per heavy atom. The molecule has 0 heterocycles. The van der Waals surface area contributed by atoms with Gasteiger partial charge < -0.3 is 0 Å². The summed E-state index contributed by atoms with van der Waals surface area (Å²) in [5.41, 5.74) is 0. The molecule has 16 heavy (non-hydrogen) atoms. The maximum absolute atomic E-state index is 5.79. The second kappa shape index (κ2) is 9.38. The minimum absolute atomic E-state index is 0.801. The van der Waals surface area contributed by atoms with Gasteiger partial charge in [0.05, 0.1) is 0 Å². The van der Waals surface area contributed by atoms with Crippen LogP contribution in [0.5, 0.6) is 0 Å². The maximum atomic E-state index is 5.79. The van der Waals surface area contributed by atoms with Crippen LogP contribution in [-0.2, 0) is 4.74 Å². The Morgan fingerprint density at radius 3 is 1.81 bits per heavy atom. The number of hydrogen-bond acceptors (Lipinski definition) is 1. The van der Waals surface area contributed by atoms with Crippen LogP contribution in [0.2, 0.25) is 13.3 Å². The molecule has 0 aromatic heterocycles. The summed E-state index contributed by atoms with van der Waals surface area (Å²) in [6.45, 7) is 14.1. The van der Waals surface area contributed by atoms with Crippen LogP contribution in [0.25, 0.3) is 0 Å². The van der Waals surface area contributed by atoms with Gasteiger partial charge in [-0.2, -0.15) is 0 Å². The molecule has 0 saturated heterocycles. The van der Waals surface area contributed by atoms with Gasteiger partial charge >= 0.3 is 107 Å². The summed E-state index contributed by atoms with van der Waals surface area (Å²) < 4.78 is 11.3. The van der Waals surface area contributed by atoms with Gasteiger partial charge in [0.15, 0.2) is 0 Å². The zero-order chi connectivity index (χ0) is 12.4. The van der Waals surface area contributed by atoms with Crippen molar-refractivity contribution < 1.29 is 4.74 Å². The third-order valence-electron chi connectivity index (χ3n) is 3.60. The first kappa shape index (κ1) is 16.3. The molecule has 0 atom stereocenters. The van der Waals surface area contributed by atoms with Crippen molar-refractivity contribution in [2.45, 2.75) is 66.7 Å².